The maximum Gasteiger partial charge on any atom is 0.105 e. The van der Waals surface area contributed by atoms with Crippen molar-refractivity contribution >= 4 is 0 Å². The molecule has 1 aromatic heterocycles. The lowest BCUT2D eigenvalue weighted by Crippen LogP contribution is -2.21. The van der Waals surface area contributed by atoms with E-state index in [4.69, 9.17) is 4.74 Å². The summed E-state index contributed by atoms with van der Waals surface area (Å²) in [7, 11) is 0. The summed E-state index contributed by atoms with van der Waals surface area (Å²) < 4.78 is 7.62. The van der Waals surface area contributed by atoms with Gasteiger partial charge in [0.2, 0.25) is 0 Å². The minimum absolute atomic E-state index is 0.677. The molecule has 0 saturated carbocycles. The molecule has 0 fully saturated rings. The zero-order valence-electron chi connectivity index (χ0n) is 11.5. The van der Waals surface area contributed by atoms with Crippen molar-refractivity contribution < 1.29 is 4.74 Å². The molecular weight excluding hydrogens is 214 g/mol. The first-order valence-corrected chi connectivity index (χ1v) is 6.44. The van der Waals surface area contributed by atoms with Crippen molar-refractivity contribution in [2.45, 2.75) is 40.8 Å². The SMILES string of the molecule is CCOCCn1c(CNCC(C)C)cnc1C. The molecule has 1 N–H and O–H groups in total. The summed E-state index contributed by atoms with van der Waals surface area (Å²) in [5, 5.41) is 3.44. The predicted molar refractivity (Wildman–Crippen MR) is 70.0 cm³/mol. The summed E-state index contributed by atoms with van der Waals surface area (Å²) in [5.41, 5.74) is 1.24. The molecule has 1 aromatic rings. The van der Waals surface area contributed by atoms with Gasteiger partial charge in [0.05, 0.1) is 12.3 Å². The van der Waals surface area contributed by atoms with E-state index in [-0.39, 0.29) is 0 Å². The highest BCUT2D eigenvalue weighted by atomic mass is 16.5. The summed E-state index contributed by atoms with van der Waals surface area (Å²) in [5.74, 6) is 1.74. The van der Waals surface area contributed by atoms with Gasteiger partial charge < -0.3 is 14.6 Å². The van der Waals surface area contributed by atoms with Gasteiger partial charge in [-0.1, -0.05) is 13.8 Å². The molecule has 17 heavy (non-hydrogen) atoms. The van der Waals surface area contributed by atoms with E-state index in [0.717, 1.165) is 38.7 Å². The molecule has 4 heteroatoms. The molecule has 4 nitrogen and oxygen atoms in total. The van der Waals surface area contributed by atoms with Crippen LogP contribution in [0.25, 0.3) is 0 Å². The second-order valence-corrected chi connectivity index (χ2v) is 4.67. The van der Waals surface area contributed by atoms with Crippen LogP contribution in [0.3, 0.4) is 0 Å². The highest BCUT2D eigenvalue weighted by molar-refractivity contribution is 5.04. The molecule has 0 aromatic carbocycles. The molecule has 0 saturated heterocycles. The molecular formula is C13H25N3O. The Kier molecular flexibility index (Phi) is 6.22. The third-order valence-electron chi connectivity index (χ3n) is 2.66. The average molecular weight is 239 g/mol. The molecule has 0 amide bonds. The van der Waals surface area contributed by atoms with Crippen molar-refractivity contribution in [3.63, 3.8) is 0 Å². The Morgan fingerprint density at radius 3 is 2.88 bits per heavy atom. The average Bonchev–Trinajstić information content (AvgIpc) is 2.61. The van der Waals surface area contributed by atoms with Crippen LogP contribution in [0.5, 0.6) is 0 Å². The van der Waals surface area contributed by atoms with E-state index < -0.39 is 0 Å². The standard InChI is InChI=1S/C13H25N3O/c1-5-17-7-6-16-12(4)15-10-13(16)9-14-8-11(2)3/h10-11,14H,5-9H2,1-4H3. The number of hydrogen-bond acceptors (Lipinski definition) is 3. The summed E-state index contributed by atoms with van der Waals surface area (Å²) in [6.45, 7) is 12.8. The van der Waals surface area contributed by atoms with Gasteiger partial charge in [-0.25, -0.2) is 4.98 Å². The van der Waals surface area contributed by atoms with Gasteiger partial charge in [0.25, 0.3) is 0 Å². The molecule has 0 radical (unpaired) electrons. The van der Waals surface area contributed by atoms with E-state index in [1.165, 1.54) is 5.69 Å². The first-order valence-electron chi connectivity index (χ1n) is 6.44. The van der Waals surface area contributed by atoms with Crippen LogP contribution in [0.15, 0.2) is 6.20 Å². The molecule has 0 spiro atoms. The Hall–Kier alpha value is -0.870. The number of aryl methyl sites for hydroxylation is 1. The third kappa shape index (κ3) is 4.88. The Morgan fingerprint density at radius 2 is 2.24 bits per heavy atom. The zero-order valence-corrected chi connectivity index (χ0v) is 11.5. The summed E-state index contributed by atoms with van der Waals surface area (Å²) in [4.78, 5) is 4.36. The van der Waals surface area contributed by atoms with Crippen molar-refractivity contribution in [1.29, 1.82) is 0 Å². The molecule has 1 heterocycles. The van der Waals surface area contributed by atoms with Crippen molar-refractivity contribution in [2.75, 3.05) is 19.8 Å². The van der Waals surface area contributed by atoms with Crippen LogP contribution < -0.4 is 5.32 Å². The Bertz CT molecular complexity index is 320. The van der Waals surface area contributed by atoms with Crippen molar-refractivity contribution in [1.82, 2.24) is 14.9 Å². The van der Waals surface area contributed by atoms with Gasteiger partial charge in [0.15, 0.2) is 0 Å². The van der Waals surface area contributed by atoms with E-state index in [9.17, 15) is 0 Å². The molecule has 0 bridgehead atoms. The monoisotopic (exact) mass is 239 g/mol. The maximum absolute atomic E-state index is 5.39. The van der Waals surface area contributed by atoms with E-state index in [2.05, 4.69) is 28.7 Å². The van der Waals surface area contributed by atoms with Gasteiger partial charge >= 0.3 is 0 Å². The Balaban J connectivity index is 2.47. The number of imidazole rings is 1. The molecule has 0 aliphatic carbocycles. The Morgan fingerprint density at radius 1 is 1.47 bits per heavy atom. The second kappa shape index (κ2) is 7.45. The topological polar surface area (TPSA) is 39.1 Å². The smallest absolute Gasteiger partial charge is 0.105 e. The molecule has 0 atom stereocenters. The van der Waals surface area contributed by atoms with Gasteiger partial charge in [-0.2, -0.15) is 0 Å². The highest BCUT2D eigenvalue weighted by Crippen LogP contribution is 2.05. The molecule has 1 rings (SSSR count). The lowest BCUT2D eigenvalue weighted by Gasteiger charge is -2.12. The van der Waals surface area contributed by atoms with Crippen LogP contribution in [0.4, 0.5) is 0 Å². The fraction of sp³-hybridized carbons (Fsp3) is 0.769. The number of nitrogens with zero attached hydrogens (tertiary/aromatic N) is 2. The normalized spacial score (nSPS) is 11.4. The van der Waals surface area contributed by atoms with Crippen LogP contribution in [-0.2, 0) is 17.8 Å². The van der Waals surface area contributed by atoms with Crippen LogP contribution in [0.2, 0.25) is 0 Å². The molecule has 0 aliphatic heterocycles. The highest BCUT2D eigenvalue weighted by Gasteiger charge is 2.06. The number of rotatable bonds is 8. The number of ether oxygens (including phenoxy) is 1. The van der Waals surface area contributed by atoms with Crippen LogP contribution in [0.1, 0.15) is 32.3 Å². The lowest BCUT2D eigenvalue weighted by atomic mass is 10.2. The van der Waals surface area contributed by atoms with E-state index in [0.29, 0.717) is 5.92 Å². The number of nitrogens with one attached hydrogen (secondary N) is 1. The van der Waals surface area contributed by atoms with E-state index >= 15 is 0 Å². The van der Waals surface area contributed by atoms with Crippen LogP contribution in [-0.4, -0.2) is 29.3 Å². The third-order valence-corrected chi connectivity index (χ3v) is 2.66. The summed E-state index contributed by atoms with van der Waals surface area (Å²) in [6.07, 6.45) is 1.95. The van der Waals surface area contributed by atoms with Gasteiger partial charge in [0.1, 0.15) is 5.82 Å². The Labute approximate surface area is 104 Å². The molecule has 0 aliphatic rings. The fourth-order valence-corrected chi connectivity index (χ4v) is 1.75. The minimum Gasteiger partial charge on any atom is -0.380 e. The zero-order chi connectivity index (χ0) is 12.7. The molecule has 0 unspecified atom stereocenters. The molecule has 98 valence electrons. The predicted octanol–water partition coefficient (Wildman–Crippen LogP) is 1.97. The van der Waals surface area contributed by atoms with Gasteiger partial charge in [-0.3, -0.25) is 0 Å². The van der Waals surface area contributed by atoms with Crippen molar-refractivity contribution in [3.05, 3.63) is 17.7 Å². The largest absolute Gasteiger partial charge is 0.380 e. The lowest BCUT2D eigenvalue weighted by molar-refractivity contribution is 0.138. The quantitative estimate of drug-likeness (QED) is 0.705. The summed E-state index contributed by atoms with van der Waals surface area (Å²) in [6, 6.07) is 0. The van der Waals surface area contributed by atoms with Crippen LogP contribution in [0, 0.1) is 12.8 Å². The first kappa shape index (κ1) is 14.2. The van der Waals surface area contributed by atoms with Gasteiger partial charge in [-0.05, 0) is 26.3 Å². The van der Waals surface area contributed by atoms with Crippen molar-refractivity contribution in [2.24, 2.45) is 5.92 Å². The van der Waals surface area contributed by atoms with E-state index in [1.54, 1.807) is 0 Å². The van der Waals surface area contributed by atoms with E-state index in [1.807, 2.05) is 20.0 Å². The second-order valence-electron chi connectivity index (χ2n) is 4.67. The van der Waals surface area contributed by atoms with Gasteiger partial charge in [-0.15, -0.1) is 0 Å². The maximum atomic E-state index is 5.39. The minimum atomic E-state index is 0.677. The summed E-state index contributed by atoms with van der Waals surface area (Å²) >= 11 is 0. The number of aromatic nitrogens is 2. The first-order chi connectivity index (χ1) is 8.15. The number of hydrogen-bond donors (Lipinski definition) is 1. The van der Waals surface area contributed by atoms with Crippen LogP contribution >= 0.6 is 0 Å². The van der Waals surface area contributed by atoms with Gasteiger partial charge in [0, 0.05) is 25.9 Å². The fourth-order valence-electron chi connectivity index (χ4n) is 1.75. The van der Waals surface area contributed by atoms with Crippen molar-refractivity contribution in [3.8, 4) is 0 Å².